The van der Waals surface area contributed by atoms with Crippen molar-refractivity contribution in [3.8, 4) is 11.4 Å². The van der Waals surface area contributed by atoms with Gasteiger partial charge in [-0.1, -0.05) is 18.6 Å². The number of aryl methyl sites for hydroxylation is 1. The first-order chi connectivity index (χ1) is 13.1. The number of amides is 1. The molecule has 1 aliphatic rings. The molecular weight excluding hydrogens is 416 g/mol. The fourth-order valence-electron chi connectivity index (χ4n) is 3.36. The Morgan fingerprint density at radius 1 is 1.07 bits per heavy atom. The average Bonchev–Trinajstić information content (AvgIpc) is 2.91. The summed E-state index contributed by atoms with van der Waals surface area (Å²) in [6, 6.07) is 11.3. The van der Waals surface area contributed by atoms with Gasteiger partial charge in [0.1, 0.15) is 11.6 Å². The van der Waals surface area contributed by atoms with Crippen LogP contribution in [0.3, 0.4) is 0 Å². The van der Waals surface area contributed by atoms with Gasteiger partial charge >= 0.3 is 0 Å². The summed E-state index contributed by atoms with van der Waals surface area (Å²) >= 11 is 0. The lowest BCUT2D eigenvalue weighted by molar-refractivity contribution is 0.102. The van der Waals surface area contributed by atoms with Crippen LogP contribution in [0.4, 0.5) is 15.8 Å². The van der Waals surface area contributed by atoms with Crippen LogP contribution in [0.15, 0.2) is 42.5 Å². The lowest BCUT2D eigenvalue weighted by atomic mass is 10.1. The van der Waals surface area contributed by atoms with Crippen molar-refractivity contribution >= 4 is 42.1 Å². The van der Waals surface area contributed by atoms with E-state index < -0.39 is 5.82 Å². The van der Waals surface area contributed by atoms with E-state index in [4.69, 9.17) is 5.73 Å². The van der Waals surface area contributed by atoms with E-state index in [0.717, 1.165) is 38.1 Å². The highest BCUT2D eigenvalue weighted by Crippen LogP contribution is 2.28. The minimum absolute atomic E-state index is 0. The maximum absolute atomic E-state index is 14.5. The molecule has 2 heterocycles. The third-order valence-electron chi connectivity index (χ3n) is 4.78. The molecule has 0 saturated carbocycles. The molecule has 0 atom stereocenters. The van der Waals surface area contributed by atoms with Crippen LogP contribution in [-0.4, -0.2) is 20.7 Å². The second-order valence-electron chi connectivity index (χ2n) is 6.64. The average molecular weight is 438 g/mol. The van der Waals surface area contributed by atoms with Crippen LogP contribution in [-0.2, 0) is 13.0 Å². The molecule has 1 aromatic heterocycles. The summed E-state index contributed by atoms with van der Waals surface area (Å²) in [7, 11) is 0. The number of carbonyl (C=O) groups is 1. The zero-order valence-corrected chi connectivity index (χ0v) is 17.2. The maximum Gasteiger partial charge on any atom is 0.257 e. The van der Waals surface area contributed by atoms with Gasteiger partial charge in [-0.15, -0.1) is 35.0 Å². The van der Waals surface area contributed by atoms with E-state index in [1.165, 1.54) is 12.1 Å². The molecule has 6 nitrogen and oxygen atoms in total. The maximum atomic E-state index is 14.5. The Morgan fingerprint density at radius 3 is 2.66 bits per heavy atom. The number of nitrogens with one attached hydrogen (secondary N) is 1. The standard InChI is InChI=1S/C20H20FN5O.2ClH/c21-16-10-9-13(23-20(27)14-6-3-4-7-17(14)22)12-15(16)19-25-24-18-8-2-1-5-11-26(18)19;;/h3-4,6-7,9-10,12H,1-2,5,8,11,22H2,(H,23,27);2*1H. The van der Waals surface area contributed by atoms with Crippen molar-refractivity contribution in [3.05, 3.63) is 59.7 Å². The summed E-state index contributed by atoms with van der Waals surface area (Å²) in [5.74, 6) is 0.644. The molecule has 9 heteroatoms. The Labute approximate surface area is 180 Å². The number of nitrogens with two attached hydrogens (primary N) is 1. The van der Waals surface area contributed by atoms with Gasteiger partial charge in [0.15, 0.2) is 5.82 Å². The summed E-state index contributed by atoms with van der Waals surface area (Å²) in [5, 5.41) is 11.2. The number of aromatic nitrogens is 3. The smallest absolute Gasteiger partial charge is 0.257 e. The predicted molar refractivity (Wildman–Crippen MR) is 116 cm³/mol. The number of halogens is 3. The molecule has 3 N–H and O–H groups in total. The summed E-state index contributed by atoms with van der Waals surface area (Å²) in [5.41, 5.74) is 7.42. The quantitative estimate of drug-likeness (QED) is 0.590. The molecule has 3 aromatic rings. The Morgan fingerprint density at radius 2 is 1.86 bits per heavy atom. The third kappa shape index (κ3) is 4.68. The second-order valence-corrected chi connectivity index (χ2v) is 6.64. The van der Waals surface area contributed by atoms with Crippen molar-refractivity contribution in [2.45, 2.75) is 32.2 Å². The fraction of sp³-hybridized carbons (Fsp3) is 0.250. The fourth-order valence-corrected chi connectivity index (χ4v) is 3.36. The molecule has 0 aliphatic carbocycles. The van der Waals surface area contributed by atoms with E-state index in [-0.39, 0.29) is 30.7 Å². The minimum Gasteiger partial charge on any atom is -0.398 e. The zero-order chi connectivity index (χ0) is 18.8. The number of fused-ring (bicyclic) bond motifs is 1. The van der Waals surface area contributed by atoms with Crippen molar-refractivity contribution in [1.29, 1.82) is 0 Å². The molecule has 154 valence electrons. The predicted octanol–water partition coefficient (Wildman–Crippen LogP) is 4.49. The van der Waals surface area contributed by atoms with E-state index in [2.05, 4.69) is 15.5 Å². The van der Waals surface area contributed by atoms with Gasteiger partial charge in [-0.25, -0.2) is 4.39 Å². The lowest BCUT2D eigenvalue weighted by Gasteiger charge is -2.11. The molecule has 0 radical (unpaired) electrons. The molecule has 1 aliphatic heterocycles. The van der Waals surface area contributed by atoms with Crippen LogP contribution < -0.4 is 11.1 Å². The Kier molecular flexibility index (Phi) is 7.59. The molecule has 0 unspecified atom stereocenters. The molecule has 4 rings (SSSR count). The van der Waals surface area contributed by atoms with Crippen molar-refractivity contribution in [2.24, 2.45) is 0 Å². The number of anilines is 2. The van der Waals surface area contributed by atoms with Gasteiger partial charge in [0, 0.05) is 24.3 Å². The van der Waals surface area contributed by atoms with Gasteiger partial charge in [0.2, 0.25) is 0 Å². The largest absolute Gasteiger partial charge is 0.398 e. The van der Waals surface area contributed by atoms with Crippen LogP contribution in [0.25, 0.3) is 11.4 Å². The number of hydrogen-bond acceptors (Lipinski definition) is 4. The molecule has 1 amide bonds. The highest BCUT2D eigenvalue weighted by atomic mass is 35.5. The van der Waals surface area contributed by atoms with E-state index >= 15 is 0 Å². The SMILES string of the molecule is Cl.Cl.Nc1ccccc1C(=O)Nc1ccc(F)c(-c2nnc3n2CCCCC3)c1. The topological polar surface area (TPSA) is 85.8 Å². The Hall–Kier alpha value is -2.64. The molecule has 29 heavy (non-hydrogen) atoms. The summed E-state index contributed by atoms with van der Waals surface area (Å²) < 4.78 is 16.5. The van der Waals surface area contributed by atoms with Crippen LogP contribution in [0.5, 0.6) is 0 Å². The number of hydrogen-bond donors (Lipinski definition) is 2. The second kappa shape index (κ2) is 9.71. The molecule has 0 saturated heterocycles. The first kappa shape index (κ1) is 22.6. The Balaban J connectivity index is 0.00000150. The van der Waals surface area contributed by atoms with Crippen LogP contribution in [0.1, 0.15) is 35.4 Å². The van der Waals surface area contributed by atoms with Gasteiger partial charge in [0.05, 0.1) is 11.1 Å². The number of nitrogens with zero attached hydrogens (tertiary/aromatic N) is 3. The first-order valence-corrected chi connectivity index (χ1v) is 9.01. The van der Waals surface area contributed by atoms with E-state index in [1.807, 2.05) is 4.57 Å². The number of benzene rings is 2. The number of carbonyl (C=O) groups excluding carboxylic acids is 1. The van der Waals surface area contributed by atoms with Crippen molar-refractivity contribution < 1.29 is 9.18 Å². The van der Waals surface area contributed by atoms with Crippen molar-refractivity contribution in [2.75, 3.05) is 11.1 Å². The zero-order valence-electron chi connectivity index (χ0n) is 15.6. The highest BCUT2D eigenvalue weighted by Gasteiger charge is 2.19. The van der Waals surface area contributed by atoms with Crippen LogP contribution in [0.2, 0.25) is 0 Å². The molecule has 0 bridgehead atoms. The normalized spacial score (nSPS) is 12.7. The van der Waals surface area contributed by atoms with Crippen molar-refractivity contribution in [3.63, 3.8) is 0 Å². The molecule has 0 spiro atoms. The minimum atomic E-state index is -0.397. The van der Waals surface area contributed by atoms with E-state index in [1.54, 1.807) is 30.3 Å². The molecule has 0 fully saturated rings. The molecular formula is C20H22Cl2FN5O. The van der Waals surface area contributed by atoms with E-state index in [0.29, 0.717) is 28.3 Å². The number of nitrogen functional groups attached to an aromatic ring is 1. The van der Waals surface area contributed by atoms with Gasteiger partial charge < -0.3 is 15.6 Å². The first-order valence-electron chi connectivity index (χ1n) is 9.01. The van der Waals surface area contributed by atoms with Gasteiger partial charge in [-0.05, 0) is 43.2 Å². The van der Waals surface area contributed by atoms with Gasteiger partial charge in [0.25, 0.3) is 5.91 Å². The number of rotatable bonds is 3. The highest BCUT2D eigenvalue weighted by molar-refractivity contribution is 6.07. The van der Waals surface area contributed by atoms with Gasteiger partial charge in [-0.3, -0.25) is 4.79 Å². The van der Waals surface area contributed by atoms with Crippen LogP contribution in [0, 0.1) is 5.82 Å². The lowest BCUT2D eigenvalue weighted by Crippen LogP contribution is -2.14. The van der Waals surface area contributed by atoms with Crippen LogP contribution >= 0.6 is 24.8 Å². The monoisotopic (exact) mass is 437 g/mol. The third-order valence-corrected chi connectivity index (χ3v) is 4.78. The summed E-state index contributed by atoms with van der Waals surface area (Å²) in [6.45, 7) is 0.772. The van der Waals surface area contributed by atoms with Gasteiger partial charge in [-0.2, -0.15) is 0 Å². The number of para-hydroxylation sites is 1. The molecule has 2 aromatic carbocycles. The summed E-state index contributed by atoms with van der Waals surface area (Å²) in [6.07, 6.45) is 4.05. The van der Waals surface area contributed by atoms with Crippen molar-refractivity contribution in [1.82, 2.24) is 14.8 Å². The Bertz CT molecular complexity index is 1010. The van der Waals surface area contributed by atoms with E-state index in [9.17, 15) is 9.18 Å². The summed E-state index contributed by atoms with van der Waals surface area (Å²) in [4.78, 5) is 12.5.